The van der Waals surface area contributed by atoms with E-state index in [-0.39, 0.29) is 24.5 Å². The molecule has 4 rings (SSSR count). The molecule has 3 N–H and O–H groups in total. The fraction of sp³-hybridized carbons (Fsp3) is 0.118. The molecule has 0 fully saturated rings. The predicted octanol–water partition coefficient (Wildman–Crippen LogP) is 3.09. The summed E-state index contributed by atoms with van der Waals surface area (Å²) in [5, 5.41) is 11.9. The standard InChI is InChI=1S/C17H13FIN5O3S/c18-10-5-9(19)1-2-11(10)22-16-13(17(26)23-27-4-3-25)15-14(21-8-28-15)12-6-20-7-24(12)16/h1-2,5-8,22,25H,3-4H2,(H,23,26). The third-order valence-corrected chi connectivity index (χ3v) is 5.44. The number of nitrogens with one attached hydrogen (secondary N) is 2. The van der Waals surface area contributed by atoms with E-state index in [1.807, 2.05) is 22.6 Å². The molecule has 0 saturated heterocycles. The molecule has 3 heterocycles. The van der Waals surface area contributed by atoms with Crippen molar-refractivity contribution in [1.82, 2.24) is 19.8 Å². The molecule has 0 radical (unpaired) electrons. The zero-order chi connectivity index (χ0) is 19.7. The highest BCUT2D eigenvalue weighted by molar-refractivity contribution is 14.1. The third kappa shape index (κ3) is 3.41. The number of rotatable bonds is 6. The largest absolute Gasteiger partial charge is 0.394 e. The Hall–Kier alpha value is -2.35. The SMILES string of the molecule is O=C(NOCCO)c1c(Nc2ccc(I)cc2F)n2cncc2c2ncsc12. The van der Waals surface area contributed by atoms with Crippen molar-refractivity contribution < 1.29 is 19.1 Å². The number of halogens is 2. The van der Waals surface area contributed by atoms with Crippen LogP contribution in [0.5, 0.6) is 0 Å². The monoisotopic (exact) mass is 513 g/mol. The van der Waals surface area contributed by atoms with Gasteiger partial charge in [-0.15, -0.1) is 11.3 Å². The van der Waals surface area contributed by atoms with Crippen LogP contribution in [0.25, 0.3) is 15.7 Å². The van der Waals surface area contributed by atoms with Crippen molar-refractivity contribution in [2.75, 3.05) is 18.5 Å². The van der Waals surface area contributed by atoms with Gasteiger partial charge in [0.25, 0.3) is 5.91 Å². The lowest BCUT2D eigenvalue weighted by atomic mass is 10.2. The fourth-order valence-corrected chi connectivity index (χ4v) is 4.04. The minimum atomic E-state index is -0.549. The van der Waals surface area contributed by atoms with E-state index in [1.165, 1.54) is 23.7 Å². The number of carbonyl (C=O) groups is 1. The first-order valence-electron chi connectivity index (χ1n) is 8.06. The van der Waals surface area contributed by atoms with E-state index in [4.69, 9.17) is 9.94 Å². The number of aliphatic hydroxyl groups excluding tert-OH is 1. The van der Waals surface area contributed by atoms with Gasteiger partial charge in [-0.25, -0.2) is 19.8 Å². The van der Waals surface area contributed by atoms with Crippen molar-refractivity contribution in [3.8, 4) is 0 Å². The van der Waals surface area contributed by atoms with Crippen molar-refractivity contribution >= 4 is 67.1 Å². The Morgan fingerprint density at radius 1 is 1.43 bits per heavy atom. The second-order valence-electron chi connectivity index (χ2n) is 5.66. The number of aromatic nitrogens is 3. The highest BCUT2D eigenvalue weighted by Crippen LogP contribution is 2.34. The topological polar surface area (TPSA) is 101 Å². The van der Waals surface area contributed by atoms with Crippen LogP contribution >= 0.6 is 33.9 Å². The minimum Gasteiger partial charge on any atom is -0.394 e. The van der Waals surface area contributed by atoms with Gasteiger partial charge in [0.2, 0.25) is 0 Å². The molecular weight excluding hydrogens is 500 g/mol. The van der Waals surface area contributed by atoms with Crippen molar-refractivity contribution in [3.05, 3.63) is 51.2 Å². The number of benzene rings is 1. The van der Waals surface area contributed by atoms with Gasteiger partial charge in [-0.2, -0.15) is 0 Å². The molecule has 0 unspecified atom stereocenters. The molecule has 144 valence electrons. The van der Waals surface area contributed by atoms with E-state index < -0.39 is 11.7 Å². The number of hydroxylamine groups is 1. The van der Waals surface area contributed by atoms with Crippen LogP contribution in [0.3, 0.4) is 0 Å². The van der Waals surface area contributed by atoms with Gasteiger partial charge in [0, 0.05) is 3.57 Å². The number of thiazole rings is 1. The molecule has 1 amide bonds. The molecule has 0 atom stereocenters. The summed E-state index contributed by atoms with van der Waals surface area (Å²) in [4.78, 5) is 26.3. The number of aliphatic hydroxyl groups is 1. The van der Waals surface area contributed by atoms with E-state index in [1.54, 1.807) is 28.2 Å². The molecule has 0 aliphatic carbocycles. The molecule has 1 aromatic carbocycles. The molecular formula is C17H13FIN5O3S. The molecule has 4 aromatic rings. The Labute approximate surface area is 175 Å². The maximum absolute atomic E-state index is 14.4. The Balaban J connectivity index is 1.89. The normalized spacial score (nSPS) is 11.2. The summed E-state index contributed by atoms with van der Waals surface area (Å²) >= 11 is 3.30. The van der Waals surface area contributed by atoms with Gasteiger partial charge in [-0.1, -0.05) is 0 Å². The Bertz CT molecular complexity index is 1180. The van der Waals surface area contributed by atoms with Crippen LogP contribution in [0.2, 0.25) is 0 Å². The number of imidazole rings is 1. The van der Waals surface area contributed by atoms with E-state index >= 15 is 0 Å². The second kappa shape index (κ2) is 7.95. The first-order valence-corrected chi connectivity index (χ1v) is 10.0. The molecule has 3 aromatic heterocycles. The van der Waals surface area contributed by atoms with Crippen LogP contribution in [-0.4, -0.2) is 38.6 Å². The number of nitrogens with zero attached hydrogens (tertiary/aromatic N) is 3. The molecule has 0 bridgehead atoms. The van der Waals surface area contributed by atoms with Gasteiger partial charge in [0.05, 0.1) is 40.8 Å². The number of anilines is 2. The van der Waals surface area contributed by atoms with Crippen LogP contribution in [0.4, 0.5) is 15.9 Å². The molecule has 8 nitrogen and oxygen atoms in total. The number of hydrogen-bond donors (Lipinski definition) is 3. The number of pyridine rings is 1. The Morgan fingerprint density at radius 3 is 3.07 bits per heavy atom. The lowest BCUT2D eigenvalue weighted by molar-refractivity contribution is 0.0170. The third-order valence-electron chi connectivity index (χ3n) is 3.92. The lowest BCUT2D eigenvalue weighted by Gasteiger charge is -2.16. The summed E-state index contributed by atoms with van der Waals surface area (Å²) in [6.45, 7) is -0.296. The van der Waals surface area contributed by atoms with Crippen LogP contribution in [0, 0.1) is 9.39 Å². The molecule has 0 aliphatic heterocycles. The van der Waals surface area contributed by atoms with E-state index in [9.17, 15) is 9.18 Å². The highest BCUT2D eigenvalue weighted by Gasteiger charge is 2.23. The highest BCUT2D eigenvalue weighted by atomic mass is 127. The van der Waals surface area contributed by atoms with Crippen LogP contribution in [0.1, 0.15) is 10.4 Å². The summed E-state index contributed by atoms with van der Waals surface area (Å²) in [6.07, 6.45) is 3.15. The Kier molecular flexibility index (Phi) is 5.39. The zero-order valence-corrected chi connectivity index (χ0v) is 17.1. The summed E-state index contributed by atoms with van der Waals surface area (Å²) < 4.78 is 17.4. The van der Waals surface area contributed by atoms with E-state index in [0.29, 0.717) is 21.6 Å². The molecule has 0 saturated carbocycles. The average Bonchev–Trinajstić information content (AvgIpc) is 3.32. The predicted molar refractivity (Wildman–Crippen MR) is 111 cm³/mol. The number of carbonyl (C=O) groups excluding carboxylic acids is 1. The maximum atomic E-state index is 14.4. The number of fused-ring (bicyclic) bond motifs is 3. The quantitative estimate of drug-likeness (QED) is 0.208. The maximum Gasteiger partial charge on any atom is 0.280 e. The number of amides is 1. The van der Waals surface area contributed by atoms with Crippen molar-refractivity contribution in [2.24, 2.45) is 0 Å². The Morgan fingerprint density at radius 2 is 2.29 bits per heavy atom. The summed E-state index contributed by atoms with van der Waals surface area (Å²) in [5.41, 5.74) is 5.65. The van der Waals surface area contributed by atoms with Crippen molar-refractivity contribution in [3.63, 3.8) is 0 Å². The second-order valence-corrected chi connectivity index (χ2v) is 7.76. The first kappa shape index (κ1) is 19.0. The van der Waals surface area contributed by atoms with Gasteiger partial charge >= 0.3 is 0 Å². The smallest absolute Gasteiger partial charge is 0.280 e. The van der Waals surface area contributed by atoms with E-state index in [0.717, 1.165) is 3.57 Å². The average molecular weight is 513 g/mol. The van der Waals surface area contributed by atoms with Gasteiger partial charge in [0.15, 0.2) is 0 Å². The molecule has 0 aliphatic rings. The summed E-state index contributed by atoms with van der Waals surface area (Å²) in [6, 6.07) is 4.75. The molecule has 11 heteroatoms. The van der Waals surface area contributed by atoms with Crippen molar-refractivity contribution in [2.45, 2.75) is 0 Å². The van der Waals surface area contributed by atoms with Crippen LogP contribution in [-0.2, 0) is 4.84 Å². The molecule has 28 heavy (non-hydrogen) atoms. The fourth-order valence-electron chi connectivity index (χ4n) is 2.75. The summed E-state index contributed by atoms with van der Waals surface area (Å²) in [7, 11) is 0. The molecule has 0 spiro atoms. The first-order chi connectivity index (χ1) is 13.6. The van der Waals surface area contributed by atoms with Gasteiger partial charge < -0.3 is 10.4 Å². The van der Waals surface area contributed by atoms with E-state index in [2.05, 4.69) is 20.8 Å². The van der Waals surface area contributed by atoms with Crippen molar-refractivity contribution in [1.29, 1.82) is 0 Å². The van der Waals surface area contributed by atoms with Crippen LogP contribution in [0.15, 0.2) is 36.2 Å². The van der Waals surface area contributed by atoms with Crippen LogP contribution < -0.4 is 10.8 Å². The lowest BCUT2D eigenvalue weighted by Crippen LogP contribution is -2.26. The number of hydrogen-bond acceptors (Lipinski definition) is 7. The van der Waals surface area contributed by atoms with Gasteiger partial charge in [-0.05, 0) is 40.8 Å². The van der Waals surface area contributed by atoms with Gasteiger partial charge in [-0.3, -0.25) is 14.0 Å². The van der Waals surface area contributed by atoms with Gasteiger partial charge in [0.1, 0.15) is 29.0 Å². The summed E-state index contributed by atoms with van der Waals surface area (Å²) in [5.74, 6) is -0.673. The zero-order valence-electron chi connectivity index (χ0n) is 14.1. The minimum absolute atomic E-state index is 0.0561.